The second-order valence-electron chi connectivity index (χ2n) is 5.21. The van der Waals surface area contributed by atoms with Crippen molar-refractivity contribution in [1.29, 1.82) is 0 Å². The summed E-state index contributed by atoms with van der Waals surface area (Å²) in [6.07, 6.45) is 2.80. The van der Waals surface area contributed by atoms with Gasteiger partial charge in [-0.3, -0.25) is 0 Å². The largest absolute Gasteiger partial charge is 0.314 e. The van der Waals surface area contributed by atoms with Crippen molar-refractivity contribution in [3.8, 4) is 0 Å². The van der Waals surface area contributed by atoms with E-state index >= 15 is 0 Å². The molecule has 1 nitrogen and oxygen atoms in total. The van der Waals surface area contributed by atoms with Crippen molar-refractivity contribution in [2.24, 2.45) is 17.3 Å². The predicted octanol–water partition coefficient (Wildman–Crippen LogP) is 3.06. The van der Waals surface area contributed by atoms with E-state index in [2.05, 4.69) is 39.9 Å². The third kappa shape index (κ3) is 2.25. The monoisotopic (exact) mass is 183 g/mol. The molecule has 1 aliphatic carbocycles. The van der Waals surface area contributed by atoms with Crippen LogP contribution in [0.5, 0.6) is 0 Å². The molecule has 1 fully saturated rings. The lowest BCUT2D eigenvalue weighted by molar-refractivity contribution is 0.305. The lowest BCUT2D eigenvalue weighted by atomic mass is 9.87. The van der Waals surface area contributed by atoms with E-state index < -0.39 is 0 Å². The average molecular weight is 183 g/mol. The number of hydrogen-bond donors (Lipinski definition) is 1. The molecule has 0 bridgehead atoms. The fourth-order valence-corrected chi connectivity index (χ4v) is 2.60. The van der Waals surface area contributed by atoms with Gasteiger partial charge in [0, 0.05) is 6.04 Å². The molecule has 1 rings (SSSR count). The Hall–Kier alpha value is -0.0400. The molecule has 1 saturated carbocycles. The Kier molecular flexibility index (Phi) is 3.39. The standard InChI is InChI=1S/C12H25N/c1-6-12(9(2)3)7-11(12)8-13-10(4)5/h9-11,13H,6-8H2,1-5H3. The van der Waals surface area contributed by atoms with E-state index in [4.69, 9.17) is 0 Å². The summed E-state index contributed by atoms with van der Waals surface area (Å²) in [4.78, 5) is 0. The van der Waals surface area contributed by atoms with Crippen LogP contribution in [-0.2, 0) is 0 Å². The minimum atomic E-state index is 0.641. The molecule has 0 aromatic rings. The van der Waals surface area contributed by atoms with Gasteiger partial charge in [0.1, 0.15) is 0 Å². The van der Waals surface area contributed by atoms with E-state index in [0.717, 1.165) is 11.8 Å². The van der Waals surface area contributed by atoms with Crippen molar-refractivity contribution in [1.82, 2.24) is 5.32 Å². The van der Waals surface area contributed by atoms with Crippen LogP contribution in [0.4, 0.5) is 0 Å². The van der Waals surface area contributed by atoms with Crippen molar-refractivity contribution in [2.75, 3.05) is 6.54 Å². The van der Waals surface area contributed by atoms with E-state index in [1.807, 2.05) is 0 Å². The first-order chi connectivity index (χ1) is 6.03. The summed E-state index contributed by atoms with van der Waals surface area (Å²) >= 11 is 0. The molecule has 1 heteroatoms. The Morgan fingerprint density at radius 1 is 1.31 bits per heavy atom. The van der Waals surface area contributed by atoms with Crippen molar-refractivity contribution in [3.05, 3.63) is 0 Å². The number of nitrogens with one attached hydrogen (secondary N) is 1. The molecule has 78 valence electrons. The molecule has 0 amide bonds. The SMILES string of the molecule is CCC1(C(C)C)CC1CNC(C)C. The molecule has 0 spiro atoms. The highest BCUT2D eigenvalue weighted by atomic mass is 14.9. The summed E-state index contributed by atoms with van der Waals surface area (Å²) in [5.41, 5.74) is 0.682. The Morgan fingerprint density at radius 3 is 2.23 bits per heavy atom. The third-order valence-electron chi connectivity index (χ3n) is 3.86. The molecular formula is C12H25N. The fraction of sp³-hybridized carbons (Fsp3) is 1.00. The van der Waals surface area contributed by atoms with Crippen molar-refractivity contribution >= 4 is 0 Å². The molecule has 1 N–H and O–H groups in total. The number of rotatable bonds is 5. The highest BCUT2D eigenvalue weighted by Gasteiger charge is 2.53. The van der Waals surface area contributed by atoms with Gasteiger partial charge in [0.05, 0.1) is 0 Å². The van der Waals surface area contributed by atoms with E-state index in [1.165, 1.54) is 19.4 Å². The molecule has 0 radical (unpaired) electrons. The molecular weight excluding hydrogens is 158 g/mol. The van der Waals surface area contributed by atoms with Crippen LogP contribution in [0.1, 0.15) is 47.5 Å². The normalized spacial score (nSPS) is 33.0. The first-order valence-electron chi connectivity index (χ1n) is 5.76. The molecule has 0 aromatic heterocycles. The van der Waals surface area contributed by atoms with Gasteiger partial charge in [0.15, 0.2) is 0 Å². The maximum atomic E-state index is 3.55. The first kappa shape index (κ1) is 11.0. The second-order valence-corrected chi connectivity index (χ2v) is 5.21. The zero-order chi connectivity index (χ0) is 10.1. The molecule has 13 heavy (non-hydrogen) atoms. The molecule has 0 aliphatic heterocycles. The van der Waals surface area contributed by atoms with Crippen molar-refractivity contribution in [2.45, 2.75) is 53.5 Å². The summed E-state index contributed by atoms with van der Waals surface area (Å²) in [6.45, 7) is 12.8. The smallest absolute Gasteiger partial charge is 0.00104 e. The van der Waals surface area contributed by atoms with Crippen LogP contribution >= 0.6 is 0 Å². The van der Waals surface area contributed by atoms with E-state index in [0.29, 0.717) is 11.5 Å². The molecule has 0 heterocycles. The van der Waals surface area contributed by atoms with Crippen LogP contribution < -0.4 is 5.32 Å². The lowest BCUT2D eigenvalue weighted by Crippen LogP contribution is -2.27. The predicted molar refractivity (Wildman–Crippen MR) is 58.8 cm³/mol. The summed E-state index contributed by atoms with van der Waals surface area (Å²) < 4.78 is 0. The van der Waals surface area contributed by atoms with Gasteiger partial charge in [-0.2, -0.15) is 0 Å². The van der Waals surface area contributed by atoms with Crippen LogP contribution in [0, 0.1) is 17.3 Å². The van der Waals surface area contributed by atoms with E-state index in [1.54, 1.807) is 0 Å². The molecule has 2 atom stereocenters. The van der Waals surface area contributed by atoms with Gasteiger partial charge in [0.25, 0.3) is 0 Å². The lowest BCUT2D eigenvalue weighted by Gasteiger charge is -2.20. The van der Waals surface area contributed by atoms with Crippen LogP contribution in [0.3, 0.4) is 0 Å². The minimum Gasteiger partial charge on any atom is -0.314 e. The van der Waals surface area contributed by atoms with E-state index in [9.17, 15) is 0 Å². The molecule has 0 aromatic carbocycles. The van der Waals surface area contributed by atoms with Gasteiger partial charge < -0.3 is 5.32 Å². The van der Waals surface area contributed by atoms with Crippen LogP contribution in [-0.4, -0.2) is 12.6 Å². The topological polar surface area (TPSA) is 12.0 Å². The average Bonchev–Trinajstić information content (AvgIpc) is 2.75. The Balaban J connectivity index is 2.33. The molecule has 0 saturated heterocycles. The minimum absolute atomic E-state index is 0.641. The highest BCUT2D eigenvalue weighted by Crippen LogP contribution is 2.59. The Labute approximate surface area is 83.3 Å². The van der Waals surface area contributed by atoms with Gasteiger partial charge in [-0.15, -0.1) is 0 Å². The fourth-order valence-electron chi connectivity index (χ4n) is 2.60. The Morgan fingerprint density at radius 2 is 1.92 bits per heavy atom. The third-order valence-corrected chi connectivity index (χ3v) is 3.86. The van der Waals surface area contributed by atoms with Crippen molar-refractivity contribution < 1.29 is 0 Å². The summed E-state index contributed by atoms with van der Waals surface area (Å²) in [5.74, 6) is 1.80. The Bertz CT molecular complexity index is 163. The quantitative estimate of drug-likeness (QED) is 0.691. The summed E-state index contributed by atoms with van der Waals surface area (Å²) in [7, 11) is 0. The van der Waals surface area contributed by atoms with Crippen LogP contribution in [0.25, 0.3) is 0 Å². The van der Waals surface area contributed by atoms with Gasteiger partial charge >= 0.3 is 0 Å². The summed E-state index contributed by atoms with van der Waals surface area (Å²) in [5, 5.41) is 3.55. The van der Waals surface area contributed by atoms with Crippen molar-refractivity contribution in [3.63, 3.8) is 0 Å². The van der Waals surface area contributed by atoms with Gasteiger partial charge in [-0.1, -0.05) is 34.6 Å². The maximum absolute atomic E-state index is 3.55. The zero-order valence-electron chi connectivity index (χ0n) is 9.85. The number of hydrogen-bond acceptors (Lipinski definition) is 1. The zero-order valence-corrected chi connectivity index (χ0v) is 9.85. The van der Waals surface area contributed by atoms with E-state index in [-0.39, 0.29) is 0 Å². The second kappa shape index (κ2) is 4.00. The molecule has 2 unspecified atom stereocenters. The maximum Gasteiger partial charge on any atom is 0.00104 e. The van der Waals surface area contributed by atoms with Gasteiger partial charge in [0.2, 0.25) is 0 Å². The first-order valence-corrected chi connectivity index (χ1v) is 5.76. The van der Waals surface area contributed by atoms with Crippen LogP contribution in [0.15, 0.2) is 0 Å². The van der Waals surface area contributed by atoms with Gasteiger partial charge in [-0.05, 0) is 36.6 Å². The van der Waals surface area contributed by atoms with Gasteiger partial charge in [-0.25, -0.2) is 0 Å². The van der Waals surface area contributed by atoms with Crippen LogP contribution in [0.2, 0.25) is 0 Å². The molecule has 1 aliphatic rings. The summed E-state index contributed by atoms with van der Waals surface area (Å²) in [6, 6.07) is 0.641. The highest BCUT2D eigenvalue weighted by molar-refractivity contribution is 5.04.